The Morgan fingerprint density at radius 3 is 2.39 bits per heavy atom. The summed E-state index contributed by atoms with van der Waals surface area (Å²) in [6.07, 6.45) is 0. The largest absolute Gasteiger partial charge is 0.380 e. The van der Waals surface area contributed by atoms with Crippen molar-refractivity contribution >= 4 is 11.6 Å². The summed E-state index contributed by atoms with van der Waals surface area (Å²) >= 11 is 6.32. The number of methoxy groups -OCH3 is 1. The molecule has 0 heterocycles. The van der Waals surface area contributed by atoms with Crippen molar-refractivity contribution in [1.82, 2.24) is 0 Å². The summed E-state index contributed by atoms with van der Waals surface area (Å²) in [6, 6.07) is 13.2. The quantitative estimate of drug-likeness (QED) is 0.785. The lowest BCUT2D eigenvalue weighted by atomic mass is 9.97. The Morgan fingerprint density at radius 1 is 1.11 bits per heavy atom. The highest BCUT2D eigenvalue weighted by Crippen LogP contribution is 2.32. The van der Waals surface area contributed by atoms with Gasteiger partial charge in [0.05, 0.1) is 6.61 Å². The number of hydrogen-bond donors (Lipinski definition) is 0. The van der Waals surface area contributed by atoms with E-state index in [-0.39, 0.29) is 0 Å². The fourth-order valence-electron chi connectivity index (χ4n) is 2.22. The number of halogens is 1. The molecule has 0 saturated carbocycles. The van der Waals surface area contributed by atoms with Gasteiger partial charge in [-0.1, -0.05) is 40.9 Å². The second-order valence-electron chi connectivity index (χ2n) is 4.51. The second-order valence-corrected chi connectivity index (χ2v) is 4.92. The molecule has 0 fully saturated rings. The van der Waals surface area contributed by atoms with Crippen molar-refractivity contribution in [3.8, 4) is 11.1 Å². The van der Waals surface area contributed by atoms with E-state index in [4.69, 9.17) is 16.3 Å². The van der Waals surface area contributed by atoms with Crippen LogP contribution in [0.1, 0.15) is 16.7 Å². The maximum atomic E-state index is 6.32. The van der Waals surface area contributed by atoms with Crippen LogP contribution < -0.4 is 0 Å². The zero-order valence-electron chi connectivity index (χ0n) is 10.9. The topological polar surface area (TPSA) is 9.23 Å². The van der Waals surface area contributed by atoms with Gasteiger partial charge in [0.25, 0.3) is 0 Å². The molecule has 1 nitrogen and oxygen atoms in total. The molecule has 0 saturated heterocycles. The number of hydrogen-bond acceptors (Lipinski definition) is 1. The van der Waals surface area contributed by atoms with Gasteiger partial charge in [0.15, 0.2) is 0 Å². The predicted molar refractivity (Wildman–Crippen MR) is 75.9 cm³/mol. The van der Waals surface area contributed by atoms with Crippen molar-refractivity contribution in [3.05, 3.63) is 58.1 Å². The molecule has 0 atom stereocenters. The van der Waals surface area contributed by atoms with Crippen molar-refractivity contribution in [2.24, 2.45) is 0 Å². The normalized spacial score (nSPS) is 10.7. The van der Waals surface area contributed by atoms with Crippen molar-refractivity contribution in [3.63, 3.8) is 0 Å². The first-order valence-corrected chi connectivity index (χ1v) is 6.25. The number of benzene rings is 2. The maximum absolute atomic E-state index is 6.32. The van der Waals surface area contributed by atoms with Crippen LogP contribution in [0.3, 0.4) is 0 Å². The molecule has 2 aromatic rings. The summed E-state index contributed by atoms with van der Waals surface area (Å²) < 4.78 is 5.23. The third kappa shape index (κ3) is 2.74. The van der Waals surface area contributed by atoms with E-state index in [1.807, 2.05) is 6.07 Å². The van der Waals surface area contributed by atoms with Crippen LogP contribution in [0.5, 0.6) is 0 Å². The monoisotopic (exact) mass is 259 g/mol. The Bertz CT molecular complexity index is 541. The predicted octanol–water partition coefficient (Wildman–Crippen LogP) is 4.57. The maximum Gasteiger partial charge on any atom is 0.0719 e. The molecule has 2 heteroatoms. The summed E-state index contributed by atoms with van der Waals surface area (Å²) in [7, 11) is 1.69. The standard InChI is InChI=1S/C16H16ClO/c1-11-7-12(2)9-14(8-11)16-13(10-18-3)5-4-6-15(16)17/h5-9H,10H2,1-3H3. The Kier molecular flexibility index (Phi) is 4.05. The fourth-order valence-corrected chi connectivity index (χ4v) is 2.52. The third-order valence-corrected chi connectivity index (χ3v) is 3.14. The number of rotatable bonds is 3. The van der Waals surface area contributed by atoms with Crippen LogP contribution in [0.4, 0.5) is 0 Å². The highest BCUT2D eigenvalue weighted by molar-refractivity contribution is 6.33. The Hall–Kier alpha value is -1.31. The van der Waals surface area contributed by atoms with Crippen LogP contribution in [0.2, 0.25) is 5.02 Å². The molecule has 18 heavy (non-hydrogen) atoms. The molecule has 93 valence electrons. The smallest absolute Gasteiger partial charge is 0.0719 e. The van der Waals surface area contributed by atoms with E-state index >= 15 is 0 Å². The second kappa shape index (κ2) is 5.55. The first kappa shape index (κ1) is 13.1. The summed E-state index contributed by atoms with van der Waals surface area (Å²) in [4.78, 5) is 0. The van der Waals surface area contributed by atoms with Crippen LogP contribution in [0.25, 0.3) is 11.1 Å². The summed E-state index contributed by atoms with van der Waals surface area (Å²) in [6.45, 7) is 4.73. The van der Waals surface area contributed by atoms with Crippen LogP contribution in [-0.4, -0.2) is 7.11 Å². The van der Waals surface area contributed by atoms with E-state index < -0.39 is 0 Å². The van der Waals surface area contributed by atoms with Gasteiger partial charge in [-0.3, -0.25) is 0 Å². The zero-order chi connectivity index (χ0) is 13.1. The molecule has 0 amide bonds. The van der Waals surface area contributed by atoms with Gasteiger partial charge in [-0.05, 0) is 43.2 Å². The van der Waals surface area contributed by atoms with Crippen LogP contribution in [-0.2, 0) is 11.3 Å². The molecular weight excluding hydrogens is 244 g/mol. The first-order chi connectivity index (χ1) is 8.61. The minimum atomic E-state index is 0.541. The van der Waals surface area contributed by atoms with Crippen molar-refractivity contribution < 1.29 is 4.74 Å². The van der Waals surface area contributed by atoms with Gasteiger partial charge in [0, 0.05) is 17.7 Å². The first-order valence-electron chi connectivity index (χ1n) is 5.88. The Morgan fingerprint density at radius 2 is 1.78 bits per heavy atom. The van der Waals surface area contributed by atoms with Gasteiger partial charge in [-0.25, -0.2) is 0 Å². The molecule has 0 N–H and O–H groups in total. The van der Waals surface area contributed by atoms with Gasteiger partial charge >= 0.3 is 0 Å². The van der Waals surface area contributed by atoms with Gasteiger partial charge in [0.2, 0.25) is 0 Å². The molecule has 0 aromatic heterocycles. The zero-order valence-corrected chi connectivity index (χ0v) is 11.6. The molecule has 0 unspecified atom stereocenters. The lowest BCUT2D eigenvalue weighted by Gasteiger charge is -2.12. The van der Waals surface area contributed by atoms with Crippen molar-refractivity contribution in [1.29, 1.82) is 0 Å². The van der Waals surface area contributed by atoms with E-state index in [1.165, 1.54) is 11.1 Å². The average molecular weight is 260 g/mol. The molecule has 0 aliphatic heterocycles. The summed E-state index contributed by atoms with van der Waals surface area (Å²) in [5, 5.41) is 0.717. The lowest BCUT2D eigenvalue weighted by molar-refractivity contribution is 0.185. The molecular formula is C16H16ClO. The number of ether oxygens (including phenoxy) is 1. The SMILES string of the molecule is COCc1c[c]cc(Cl)c1-c1cc(C)cc(C)c1. The Labute approximate surface area is 113 Å². The highest BCUT2D eigenvalue weighted by Gasteiger charge is 2.10. The molecule has 2 aromatic carbocycles. The molecule has 0 spiro atoms. The van der Waals surface area contributed by atoms with Crippen molar-refractivity contribution in [2.75, 3.05) is 7.11 Å². The minimum Gasteiger partial charge on any atom is -0.380 e. The van der Waals surface area contributed by atoms with Gasteiger partial charge in [-0.15, -0.1) is 0 Å². The van der Waals surface area contributed by atoms with E-state index in [0.29, 0.717) is 6.61 Å². The van der Waals surface area contributed by atoms with Crippen LogP contribution in [0, 0.1) is 19.9 Å². The van der Waals surface area contributed by atoms with Gasteiger partial charge in [-0.2, -0.15) is 0 Å². The van der Waals surface area contributed by atoms with Crippen molar-refractivity contribution in [2.45, 2.75) is 20.5 Å². The van der Waals surface area contributed by atoms with E-state index in [2.05, 4.69) is 38.1 Å². The molecule has 1 radical (unpaired) electrons. The van der Waals surface area contributed by atoms with Gasteiger partial charge in [0.1, 0.15) is 0 Å². The lowest BCUT2D eigenvalue weighted by Crippen LogP contribution is -1.94. The third-order valence-electron chi connectivity index (χ3n) is 2.84. The summed E-state index contributed by atoms with van der Waals surface area (Å²) in [5.74, 6) is 0. The minimum absolute atomic E-state index is 0.541. The molecule has 0 aliphatic rings. The fraction of sp³-hybridized carbons (Fsp3) is 0.250. The number of aryl methyl sites for hydroxylation is 2. The molecule has 0 bridgehead atoms. The van der Waals surface area contributed by atoms with E-state index in [1.54, 1.807) is 13.2 Å². The average Bonchev–Trinajstić information content (AvgIpc) is 2.28. The van der Waals surface area contributed by atoms with E-state index in [0.717, 1.165) is 21.7 Å². The summed E-state index contributed by atoms with van der Waals surface area (Å²) in [5.41, 5.74) is 5.71. The Balaban J connectivity index is 2.61. The van der Waals surface area contributed by atoms with Crippen LogP contribution >= 0.6 is 11.6 Å². The molecule has 0 aliphatic carbocycles. The van der Waals surface area contributed by atoms with Crippen LogP contribution in [0.15, 0.2) is 30.3 Å². The van der Waals surface area contributed by atoms with Gasteiger partial charge < -0.3 is 4.74 Å². The molecule has 2 rings (SSSR count). The van der Waals surface area contributed by atoms with E-state index in [9.17, 15) is 0 Å². The highest BCUT2D eigenvalue weighted by atomic mass is 35.5.